The molecule has 0 unspecified atom stereocenters. The molecular formula is C48H54ClFN8O7S. The van der Waals surface area contributed by atoms with Gasteiger partial charge in [0.25, 0.3) is 21.6 Å². The highest BCUT2D eigenvalue weighted by Crippen LogP contribution is 2.44. The lowest BCUT2D eigenvalue weighted by Crippen LogP contribution is -2.47. The Hall–Kier alpha value is -5.75. The molecule has 3 aromatic carbocycles. The van der Waals surface area contributed by atoms with E-state index in [1.54, 1.807) is 35.4 Å². The second-order valence-corrected chi connectivity index (χ2v) is 20.4. The predicted octanol–water partition coefficient (Wildman–Crippen LogP) is 8.88. The number of carbonyl (C=O) groups excluding carboxylic acids is 1. The van der Waals surface area contributed by atoms with Crippen LogP contribution in [-0.2, 0) is 14.8 Å². The number of halogens is 2. The molecule has 5 aromatic rings. The van der Waals surface area contributed by atoms with Gasteiger partial charge in [-0.05, 0) is 96.8 Å². The van der Waals surface area contributed by atoms with Gasteiger partial charge < -0.3 is 29.6 Å². The first-order chi connectivity index (χ1) is 32.3. The van der Waals surface area contributed by atoms with Gasteiger partial charge in [0.15, 0.2) is 0 Å². The number of piperazine rings is 1. The van der Waals surface area contributed by atoms with Crippen LogP contribution in [0.1, 0.15) is 71.0 Å². The van der Waals surface area contributed by atoms with Gasteiger partial charge in [-0.1, -0.05) is 43.2 Å². The van der Waals surface area contributed by atoms with Crippen molar-refractivity contribution in [3.05, 3.63) is 111 Å². The highest BCUT2D eigenvalue weighted by atomic mass is 35.5. The average molecular weight is 944 g/mol. The van der Waals surface area contributed by atoms with Crippen LogP contribution in [0.4, 0.5) is 32.8 Å². The molecule has 3 N–H and O–H groups in total. The zero-order valence-electron chi connectivity index (χ0n) is 38.9. The minimum atomic E-state index is -4.75. The van der Waals surface area contributed by atoms with E-state index in [4.69, 9.17) is 23.8 Å². The molecule has 18 heteroatoms. The first kappa shape index (κ1) is 42.9. The summed E-state index contributed by atoms with van der Waals surface area (Å²) in [5.74, 6) is -0.933. The standard InChI is InChI=1S/C48H54ClFN8O7S/c1-47(2)14-12-34(39(29-47)32-4-6-35(49)7-5-32)30-55-19-21-56(22-20-55)36-8-10-38(41(27-36)57-18-3-23-65-46-43(57)26-33-13-17-51-44(33)53-46)45(59)54-66(62,63)37-9-11-40(42(28-37)58(60)61)52-31-48(50)15-24-64-25-16-48/h4-11,13,17,26-28,52H,3,12,14-16,18-25,29-31H2,1-2H3,(H,51,53)(H,54,59)/i3D2. The molecule has 66 heavy (non-hydrogen) atoms. The summed E-state index contributed by atoms with van der Waals surface area (Å²) in [7, 11) is -4.75. The number of hydrogen-bond acceptors (Lipinski definition) is 12. The lowest BCUT2D eigenvalue weighted by Gasteiger charge is -2.39. The number of fused-ring (bicyclic) bond motifs is 2. The van der Waals surface area contributed by atoms with Crippen LogP contribution in [0.5, 0.6) is 5.88 Å². The number of nitro groups is 1. The molecule has 3 aliphatic heterocycles. The maximum absolute atomic E-state index is 15.3. The molecule has 2 aromatic heterocycles. The number of H-pyrrole nitrogens is 1. The molecule has 0 spiro atoms. The van der Waals surface area contributed by atoms with Crippen molar-refractivity contribution in [1.29, 1.82) is 0 Å². The van der Waals surface area contributed by atoms with Crippen LogP contribution < -0.4 is 24.6 Å². The van der Waals surface area contributed by atoms with Crippen molar-refractivity contribution in [1.82, 2.24) is 19.6 Å². The van der Waals surface area contributed by atoms with Crippen LogP contribution in [0, 0.1) is 15.5 Å². The van der Waals surface area contributed by atoms with Gasteiger partial charge in [-0.2, -0.15) is 4.98 Å². The number of aromatic amines is 1. The summed E-state index contributed by atoms with van der Waals surface area (Å²) in [5, 5.41) is 16.4. The Morgan fingerprint density at radius 2 is 1.76 bits per heavy atom. The number of allylic oxidation sites excluding steroid dienone is 1. The smallest absolute Gasteiger partial charge is 0.293 e. The summed E-state index contributed by atoms with van der Waals surface area (Å²) in [5.41, 5.74) is 3.53. The molecule has 0 atom stereocenters. The van der Waals surface area contributed by atoms with Crippen molar-refractivity contribution in [3.8, 4) is 5.88 Å². The van der Waals surface area contributed by atoms with Crippen molar-refractivity contribution < 1.29 is 34.7 Å². The summed E-state index contributed by atoms with van der Waals surface area (Å²) in [6.45, 7) is 7.80. The van der Waals surface area contributed by atoms with Crippen molar-refractivity contribution in [2.45, 2.75) is 62.9 Å². The van der Waals surface area contributed by atoms with Crippen LogP contribution in [0.3, 0.4) is 0 Å². The number of aromatic nitrogens is 2. The number of nitrogens with zero attached hydrogens (tertiary/aromatic N) is 5. The maximum atomic E-state index is 15.3. The zero-order valence-corrected chi connectivity index (χ0v) is 38.4. The van der Waals surface area contributed by atoms with E-state index in [9.17, 15) is 23.3 Å². The van der Waals surface area contributed by atoms with E-state index in [0.29, 0.717) is 34.8 Å². The minimum Gasteiger partial charge on any atom is -0.476 e. The van der Waals surface area contributed by atoms with Crippen molar-refractivity contribution in [2.24, 2.45) is 5.41 Å². The number of nitrogens with one attached hydrogen (secondary N) is 3. The van der Waals surface area contributed by atoms with E-state index in [2.05, 4.69) is 55.8 Å². The van der Waals surface area contributed by atoms with Crippen LogP contribution in [0.15, 0.2) is 89.5 Å². The second kappa shape index (κ2) is 18.5. The fourth-order valence-corrected chi connectivity index (χ4v) is 10.4. The summed E-state index contributed by atoms with van der Waals surface area (Å²) in [4.78, 5) is 39.2. The Morgan fingerprint density at radius 3 is 2.52 bits per heavy atom. The van der Waals surface area contributed by atoms with E-state index in [0.717, 1.165) is 56.7 Å². The first-order valence-corrected chi connectivity index (χ1v) is 24.0. The molecule has 4 aliphatic rings. The third-order valence-electron chi connectivity index (χ3n) is 13.1. The number of anilines is 4. The van der Waals surface area contributed by atoms with E-state index in [1.165, 1.54) is 28.8 Å². The SMILES string of the molecule is [2H]C1([2H])COc2nc3[nH]ccc3cc2N(c2cc(N3CCN(CC4=C(c5ccc(Cl)cc5)CC(C)(C)CC4)CC3)ccc2C(=O)NS(=O)(=O)c2ccc(NCC3(F)CCOCC3)c([N+](=O)[O-])c2)C1. The second-order valence-electron chi connectivity index (χ2n) is 18.2. The molecule has 348 valence electrons. The van der Waals surface area contributed by atoms with E-state index >= 15 is 4.39 Å². The van der Waals surface area contributed by atoms with Gasteiger partial charge in [0.1, 0.15) is 22.7 Å². The van der Waals surface area contributed by atoms with Gasteiger partial charge in [0.2, 0.25) is 5.88 Å². The quantitative estimate of drug-likeness (QED) is 0.0802. The predicted molar refractivity (Wildman–Crippen MR) is 254 cm³/mol. The Kier molecular flexibility index (Phi) is 12.0. The Labute approximate surface area is 391 Å². The molecule has 2 saturated heterocycles. The third kappa shape index (κ3) is 9.85. The monoisotopic (exact) mass is 942 g/mol. The number of pyridine rings is 1. The molecular weight excluding hydrogens is 887 g/mol. The average Bonchev–Trinajstić information content (AvgIpc) is 3.72. The number of ether oxygens (including phenoxy) is 2. The van der Waals surface area contributed by atoms with Crippen LogP contribution in [0.25, 0.3) is 16.6 Å². The number of nitro benzene ring substituents is 1. The number of hydrogen-bond donors (Lipinski definition) is 3. The van der Waals surface area contributed by atoms with Crippen LogP contribution in [0.2, 0.25) is 5.02 Å². The lowest BCUT2D eigenvalue weighted by atomic mass is 9.72. The Balaban J connectivity index is 1.01. The fraction of sp³-hybridized carbons (Fsp3) is 0.417. The summed E-state index contributed by atoms with van der Waals surface area (Å²) in [6, 6.07) is 19.8. The van der Waals surface area contributed by atoms with E-state index < -0.39 is 43.5 Å². The Morgan fingerprint density at radius 1 is 0.985 bits per heavy atom. The maximum Gasteiger partial charge on any atom is 0.293 e. The normalized spacial score (nSPS) is 20.1. The van der Waals surface area contributed by atoms with Crippen LogP contribution >= 0.6 is 11.6 Å². The third-order valence-corrected chi connectivity index (χ3v) is 14.7. The molecule has 5 heterocycles. The van der Waals surface area contributed by atoms with Gasteiger partial charge in [-0.15, -0.1) is 0 Å². The zero-order chi connectivity index (χ0) is 48.0. The number of carbonyl (C=O) groups is 1. The molecule has 0 saturated carbocycles. The van der Waals surface area contributed by atoms with Crippen molar-refractivity contribution >= 4 is 72.6 Å². The number of benzene rings is 3. The van der Waals surface area contributed by atoms with Gasteiger partial charge in [0.05, 0.1) is 27.7 Å². The molecule has 0 bridgehead atoms. The van der Waals surface area contributed by atoms with Gasteiger partial charge in [-0.3, -0.25) is 19.8 Å². The lowest BCUT2D eigenvalue weighted by molar-refractivity contribution is -0.384. The molecule has 1 amide bonds. The highest BCUT2D eigenvalue weighted by molar-refractivity contribution is 7.90. The fourth-order valence-electron chi connectivity index (χ4n) is 9.24. The summed E-state index contributed by atoms with van der Waals surface area (Å²) < 4.78 is 74.4. The van der Waals surface area contributed by atoms with Crippen LogP contribution in [-0.4, -0.2) is 105 Å². The van der Waals surface area contributed by atoms with Gasteiger partial charge in [0, 0.05) is 103 Å². The molecule has 15 nitrogen and oxygen atoms in total. The van der Waals surface area contributed by atoms with Gasteiger partial charge >= 0.3 is 0 Å². The molecule has 9 rings (SSSR count). The largest absolute Gasteiger partial charge is 0.476 e. The van der Waals surface area contributed by atoms with Crippen molar-refractivity contribution in [2.75, 3.05) is 80.8 Å². The topological polar surface area (TPSA) is 175 Å². The number of amides is 1. The number of sulfonamides is 1. The van der Waals surface area contributed by atoms with E-state index in [-0.39, 0.29) is 74.0 Å². The number of rotatable bonds is 12. The number of alkyl halides is 1. The summed E-state index contributed by atoms with van der Waals surface area (Å²) >= 11 is 6.26. The first-order valence-electron chi connectivity index (χ1n) is 23.2. The molecule has 1 aliphatic carbocycles. The minimum absolute atomic E-state index is 0.0817. The highest BCUT2D eigenvalue weighted by Gasteiger charge is 2.35. The molecule has 2 fully saturated rings. The van der Waals surface area contributed by atoms with E-state index in [1.807, 2.05) is 12.1 Å². The van der Waals surface area contributed by atoms with Crippen molar-refractivity contribution in [3.63, 3.8) is 0 Å². The summed E-state index contributed by atoms with van der Waals surface area (Å²) in [6.07, 6.45) is 3.04. The van der Waals surface area contributed by atoms with Gasteiger partial charge in [-0.25, -0.2) is 17.5 Å². The molecule has 0 radical (unpaired) electrons. The Bertz CT molecular complexity index is 2890.